The van der Waals surface area contributed by atoms with Gasteiger partial charge in [0.25, 0.3) is 29.5 Å². The summed E-state index contributed by atoms with van der Waals surface area (Å²) in [6, 6.07) is 21.4. The van der Waals surface area contributed by atoms with E-state index in [0.29, 0.717) is 11.1 Å². The Morgan fingerprint density at radius 3 is 1.67 bits per heavy atom. The molecule has 0 aliphatic heterocycles. The predicted molar refractivity (Wildman–Crippen MR) is 231 cm³/mol. The fourth-order valence-electron chi connectivity index (χ4n) is 5.84. The molecule has 0 aliphatic rings. The summed E-state index contributed by atoms with van der Waals surface area (Å²) in [6.07, 6.45) is -2.14. The summed E-state index contributed by atoms with van der Waals surface area (Å²) >= 11 is 12.9. The van der Waals surface area contributed by atoms with Crippen molar-refractivity contribution in [2.24, 2.45) is 5.73 Å². The predicted octanol–water partition coefficient (Wildman–Crippen LogP) is 4.16. The highest BCUT2D eigenvalue weighted by Gasteiger charge is 2.40. The molecule has 0 saturated carbocycles. The molecule has 1 unspecified atom stereocenters. The van der Waals surface area contributed by atoms with Crippen LogP contribution in [0.3, 0.4) is 0 Å². The number of methoxy groups -OCH3 is 1. The molecule has 64 heavy (non-hydrogen) atoms. The number of hydrogen-bond donors (Lipinski definition) is 8. The first-order valence-corrected chi connectivity index (χ1v) is 19.7. The van der Waals surface area contributed by atoms with E-state index in [1.165, 1.54) is 79.9 Å². The molecule has 18 nitrogen and oxygen atoms in total. The molecule has 0 saturated heterocycles. The van der Waals surface area contributed by atoms with E-state index in [9.17, 15) is 48.9 Å². The number of carboxylic acids is 1. The third kappa shape index (κ3) is 12.2. The summed E-state index contributed by atoms with van der Waals surface area (Å²) < 4.78 is 5.16. The number of carbonyl (C=O) groups is 7. The van der Waals surface area contributed by atoms with Crippen molar-refractivity contribution in [2.75, 3.05) is 7.11 Å². The Bertz CT molecular complexity index is 2610. The van der Waals surface area contributed by atoms with Gasteiger partial charge in [-0.3, -0.25) is 28.8 Å². The second-order valence-corrected chi connectivity index (χ2v) is 14.7. The summed E-state index contributed by atoms with van der Waals surface area (Å²) in [5.74, 6) is -7.25. The van der Waals surface area contributed by atoms with Crippen molar-refractivity contribution in [2.45, 2.75) is 38.3 Å². The summed E-state index contributed by atoms with van der Waals surface area (Å²) in [5, 5.41) is 39.0. The summed E-state index contributed by atoms with van der Waals surface area (Å²) in [6.45, 7) is 1.26. The number of rotatable bonds is 16. The molecule has 5 amide bonds. The number of halogens is 2. The number of nitrogens with two attached hydrogens (primary N) is 1. The average Bonchev–Trinajstić information content (AvgIpc) is 3.27. The van der Waals surface area contributed by atoms with E-state index >= 15 is 0 Å². The first-order chi connectivity index (χ1) is 30.4. The van der Waals surface area contributed by atoms with Gasteiger partial charge in [0.05, 0.1) is 28.3 Å². The molecule has 20 heteroatoms. The molecule has 0 aliphatic carbocycles. The van der Waals surface area contributed by atoms with Crippen LogP contribution in [0.15, 0.2) is 109 Å². The summed E-state index contributed by atoms with van der Waals surface area (Å²) in [5.41, 5.74) is 6.60. The van der Waals surface area contributed by atoms with E-state index in [2.05, 4.69) is 21.3 Å². The van der Waals surface area contributed by atoms with Crippen LogP contribution in [0.4, 0.5) is 0 Å². The third-order valence-electron chi connectivity index (χ3n) is 9.24. The highest BCUT2D eigenvalue weighted by Crippen LogP contribution is 2.24. The number of phenolic OH excluding ortho intramolecular Hbond substituents is 2. The Labute approximate surface area is 374 Å². The molecule has 0 fully saturated rings. The van der Waals surface area contributed by atoms with Gasteiger partial charge < -0.3 is 51.9 Å². The van der Waals surface area contributed by atoms with Gasteiger partial charge in [0, 0.05) is 29.8 Å². The van der Waals surface area contributed by atoms with Crippen molar-refractivity contribution >= 4 is 64.7 Å². The second-order valence-electron chi connectivity index (χ2n) is 13.8. The molecule has 5 rings (SSSR count). The summed E-state index contributed by atoms with van der Waals surface area (Å²) in [7, 11) is 1.34. The van der Waals surface area contributed by atoms with Gasteiger partial charge in [-0.15, -0.1) is 5.06 Å². The lowest BCUT2D eigenvalue weighted by Crippen LogP contribution is -2.62. The minimum Gasteiger partial charge on any atom is -0.508 e. The minimum atomic E-state index is -2.16. The van der Waals surface area contributed by atoms with E-state index in [1.54, 1.807) is 24.3 Å². The molecule has 9 N–H and O–H groups in total. The number of hydroxylamine groups is 2. The standard InChI is InChI=1S/C44H40Cl2N6O12/c1-23(50-41(58)32-14-12-27(19-34(32)45)38(55)48-21-24-6-3-9-29(53)16-24)44(62)64-52(37(36(47)43(60)61)51-40(57)26-8-5-11-31(18-26)63-2)42(59)33-15-13-28(20-35(33)46)39(56)49-22-25-7-4-10-30(54)17-25/h3-20,23,36-37,53-54H,21-22,47H2,1-2H3,(H,48,55)(H,49,56)(H,50,58)(H,51,57)(H,60,61)/t23-,36-,37?/m0/s1. The average molecular weight is 916 g/mol. The quantitative estimate of drug-likeness (QED) is 0.0511. The molecule has 0 spiro atoms. The monoisotopic (exact) mass is 914 g/mol. The molecule has 0 bridgehead atoms. The van der Waals surface area contributed by atoms with Gasteiger partial charge in [-0.2, -0.15) is 0 Å². The van der Waals surface area contributed by atoms with Crippen LogP contribution < -0.4 is 31.7 Å². The van der Waals surface area contributed by atoms with Gasteiger partial charge in [0.15, 0.2) is 6.17 Å². The number of carboxylic acid groups (broad SMARTS) is 1. The van der Waals surface area contributed by atoms with Crippen LogP contribution in [0.25, 0.3) is 0 Å². The lowest BCUT2D eigenvalue weighted by molar-refractivity contribution is -0.192. The smallest absolute Gasteiger partial charge is 0.354 e. The van der Waals surface area contributed by atoms with Crippen molar-refractivity contribution in [3.63, 3.8) is 0 Å². The first kappa shape index (κ1) is 47.4. The number of hydrogen-bond acceptors (Lipinski definition) is 12. The van der Waals surface area contributed by atoms with Crippen LogP contribution in [0.2, 0.25) is 10.0 Å². The number of ether oxygens (including phenoxy) is 1. The van der Waals surface area contributed by atoms with Gasteiger partial charge in [0.1, 0.15) is 29.3 Å². The number of aromatic hydroxyl groups is 2. The highest BCUT2D eigenvalue weighted by atomic mass is 35.5. The highest BCUT2D eigenvalue weighted by molar-refractivity contribution is 6.34. The number of nitrogens with one attached hydrogen (secondary N) is 4. The van der Waals surface area contributed by atoms with Crippen LogP contribution in [-0.4, -0.2) is 87.2 Å². The van der Waals surface area contributed by atoms with Crippen molar-refractivity contribution in [1.29, 1.82) is 0 Å². The Hall–Kier alpha value is -7.67. The zero-order valence-corrected chi connectivity index (χ0v) is 35.3. The third-order valence-corrected chi connectivity index (χ3v) is 9.87. The van der Waals surface area contributed by atoms with Crippen molar-refractivity contribution in [1.82, 2.24) is 26.3 Å². The fourth-order valence-corrected chi connectivity index (χ4v) is 6.36. The van der Waals surface area contributed by atoms with Crippen molar-refractivity contribution < 1.29 is 58.5 Å². The maximum Gasteiger partial charge on any atom is 0.354 e. The second kappa shape index (κ2) is 21.4. The van der Waals surface area contributed by atoms with Gasteiger partial charge in [0.2, 0.25) is 0 Å². The van der Waals surface area contributed by atoms with Crippen LogP contribution in [0, 0.1) is 0 Å². The number of phenols is 2. The Balaban J connectivity index is 1.38. The normalized spacial score (nSPS) is 12.1. The molecular weight excluding hydrogens is 875 g/mol. The number of carbonyl (C=O) groups excluding carboxylic acids is 6. The van der Waals surface area contributed by atoms with Crippen LogP contribution in [0.5, 0.6) is 17.2 Å². The van der Waals surface area contributed by atoms with Gasteiger partial charge in [-0.05, 0) is 96.9 Å². The topological polar surface area (TPSA) is 276 Å². The minimum absolute atomic E-state index is 0.0126. The Morgan fingerprint density at radius 1 is 0.656 bits per heavy atom. The van der Waals surface area contributed by atoms with Crippen LogP contribution >= 0.6 is 23.2 Å². The number of benzene rings is 5. The van der Waals surface area contributed by atoms with Gasteiger partial charge in [-0.1, -0.05) is 53.5 Å². The molecule has 5 aromatic carbocycles. The first-order valence-electron chi connectivity index (χ1n) is 19.0. The Kier molecular flexibility index (Phi) is 15.9. The van der Waals surface area contributed by atoms with Crippen molar-refractivity contribution in [3.8, 4) is 17.2 Å². The molecule has 5 aromatic rings. The molecule has 0 radical (unpaired) electrons. The SMILES string of the molecule is COc1cccc(C(=O)NC([C@H](N)C(=O)O)N(OC(=O)[C@H](C)NC(=O)c2ccc(C(=O)NCc3cccc(O)c3)cc2Cl)C(=O)c2ccc(C(=O)NCc3cccc(O)c3)cc2Cl)c1. The lowest BCUT2D eigenvalue weighted by Gasteiger charge is -2.33. The van der Waals surface area contributed by atoms with E-state index in [4.69, 9.17) is 38.5 Å². The van der Waals surface area contributed by atoms with Gasteiger partial charge in [-0.25, -0.2) is 4.79 Å². The zero-order chi connectivity index (χ0) is 46.7. The van der Waals surface area contributed by atoms with Crippen LogP contribution in [-0.2, 0) is 27.5 Å². The maximum atomic E-state index is 14.3. The number of nitrogens with zero attached hydrogens (tertiary/aromatic N) is 1. The molecule has 0 aromatic heterocycles. The zero-order valence-electron chi connectivity index (χ0n) is 33.8. The lowest BCUT2D eigenvalue weighted by atomic mass is 10.1. The van der Waals surface area contributed by atoms with Gasteiger partial charge >= 0.3 is 11.9 Å². The fraction of sp³-hybridized carbons (Fsp3) is 0.159. The molecule has 3 atom stereocenters. The molecule has 332 valence electrons. The molecule has 0 heterocycles. The number of amides is 5. The van der Waals surface area contributed by atoms with E-state index in [1.807, 2.05) is 0 Å². The van der Waals surface area contributed by atoms with Crippen molar-refractivity contribution in [3.05, 3.63) is 158 Å². The molecular formula is C44H40Cl2N6O12. The van der Waals surface area contributed by atoms with E-state index in [-0.39, 0.29) is 67.7 Å². The summed E-state index contributed by atoms with van der Waals surface area (Å²) in [4.78, 5) is 98.6. The van der Waals surface area contributed by atoms with Crippen LogP contribution in [0.1, 0.15) is 69.8 Å². The maximum absolute atomic E-state index is 14.3. The van der Waals surface area contributed by atoms with E-state index in [0.717, 1.165) is 19.1 Å². The Morgan fingerprint density at radius 2 is 1.17 bits per heavy atom. The largest absolute Gasteiger partial charge is 0.508 e. The number of aliphatic carboxylic acids is 1. The van der Waals surface area contributed by atoms with E-state index < -0.39 is 65.3 Å².